The molecular weight excluding hydrogens is 300 g/mol. The van der Waals surface area contributed by atoms with Crippen molar-refractivity contribution in [3.8, 4) is 0 Å². The summed E-state index contributed by atoms with van der Waals surface area (Å²) in [5.74, 6) is 0.346. The molecular formula is C19H18N4O. The normalized spacial score (nSPS) is 11.5. The van der Waals surface area contributed by atoms with Crippen LogP contribution in [0.5, 0.6) is 0 Å². The van der Waals surface area contributed by atoms with Crippen molar-refractivity contribution in [3.05, 3.63) is 84.3 Å². The van der Waals surface area contributed by atoms with Crippen LogP contribution < -0.4 is 10.6 Å². The maximum atomic E-state index is 12.3. The monoisotopic (exact) mass is 318 g/mol. The van der Waals surface area contributed by atoms with Gasteiger partial charge in [-0.1, -0.05) is 48.5 Å². The van der Waals surface area contributed by atoms with E-state index >= 15 is 0 Å². The van der Waals surface area contributed by atoms with Crippen molar-refractivity contribution in [1.29, 1.82) is 0 Å². The highest BCUT2D eigenvalue weighted by Gasteiger charge is 2.11. The van der Waals surface area contributed by atoms with Crippen molar-refractivity contribution < 1.29 is 4.79 Å². The van der Waals surface area contributed by atoms with Gasteiger partial charge in [0, 0.05) is 17.8 Å². The van der Waals surface area contributed by atoms with Crippen LogP contribution >= 0.6 is 0 Å². The fourth-order valence-electron chi connectivity index (χ4n) is 2.32. The number of para-hydroxylation sites is 1. The minimum atomic E-state index is -0.265. The van der Waals surface area contributed by atoms with Gasteiger partial charge in [-0.05, 0) is 24.6 Å². The van der Waals surface area contributed by atoms with Gasteiger partial charge in [-0.15, -0.1) is 0 Å². The molecule has 2 aromatic carbocycles. The van der Waals surface area contributed by atoms with Crippen molar-refractivity contribution in [3.63, 3.8) is 0 Å². The number of hydrogen-bond donors (Lipinski definition) is 2. The summed E-state index contributed by atoms with van der Waals surface area (Å²) in [7, 11) is 0. The predicted octanol–water partition coefficient (Wildman–Crippen LogP) is 3.90. The zero-order chi connectivity index (χ0) is 16.8. The highest BCUT2D eigenvalue weighted by Crippen LogP contribution is 2.17. The number of amides is 1. The van der Waals surface area contributed by atoms with E-state index in [2.05, 4.69) is 20.6 Å². The average Bonchev–Trinajstić information content (AvgIpc) is 2.63. The third kappa shape index (κ3) is 3.95. The molecule has 0 bridgehead atoms. The molecule has 0 saturated heterocycles. The van der Waals surface area contributed by atoms with E-state index in [1.165, 1.54) is 6.33 Å². The molecule has 1 unspecified atom stereocenters. The molecule has 2 N–H and O–H groups in total. The summed E-state index contributed by atoms with van der Waals surface area (Å²) < 4.78 is 0. The topological polar surface area (TPSA) is 66.9 Å². The Kier molecular flexibility index (Phi) is 4.81. The molecule has 24 heavy (non-hydrogen) atoms. The van der Waals surface area contributed by atoms with Crippen LogP contribution in [0.25, 0.3) is 0 Å². The van der Waals surface area contributed by atoms with Crippen LogP contribution in [-0.2, 0) is 0 Å². The van der Waals surface area contributed by atoms with Crippen molar-refractivity contribution in [2.45, 2.75) is 13.0 Å². The molecule has 0 fully saturated rings. The molecule has 3 aromatic rings. The van der Waals surface area contributed by atoms with Gasteiger partial charge in [0.25, 0.3) is 5.91 Å². The molecule has 5 nitrogen and oxygen atoms in total. The van der Waals surface area contributed by atoms with Crippen molar-refractivity contribution in [2.75, 3.05) is 10.6 Å². The first-order valence-corrected chi connectivity index (χ1v) is 7.72. The number of anilines is 2. The van der Waals surface area contributed by atoms with E-state index in [9.17, 15) is 4.79 Å². The fraction of sp³-hybridized carbons (Fsp3) is 0.105. The SMILES string of the molecule is CC(Nc1cc(C(=O)Nc2ccccc2)ncn1)c1ccccc1. The standard InChI is InChI=1S/C19H18N4O/c1-14(15-8-4-2-5-9-15)22-18-12-17(20-13-21-18)19(24)23-16-10-6-3-7-11-16/h2-14H,1H3,(H,23,24)(H,20,21,22). The molecule has 1 aromatic heterocycles. The van der Waals surface area contributed by atoms with Gasteiger partial charge in [0.2, 0.25) is 0 Å². The van der Waals surface area contributed by atoms with Gasteiger partial charge >= 0.3 is 0 Å². The van der Waals surface area contributed by atoms with E-state index < -0.39 is 0 Å². The van der Waals surface area contributed by atoms with E-state index in [4.69, 9.17) is 0 Å². The van der Waals surface area contributed by atoms with Crippen molar-refractivity contribution >= 4 is 17.4 Å². The number of carbonyl (C=O) groups is 1. The Hall–Kier alpha value is -3.21. The Morgan fingerprint density at radius 2 is 1.62 bits per heavy atom. The molecule has 1 heterocycles. The summed E-state index contributed by atoms with van der Waals surface area (Å²) in [5.41, 5.74) is 2.19. The summed E-state index contributed by atoms with van der Waals surface area (Å²) in [6.45, 7) is 2.04. The van der Waals surface area contributed by atoms with E-state index in [0.717, 1.165) is 11.3 Å². The van der Waals surface area contributed by atoms with E-state index in [-0.39, 0.29) is 11.9 Å². The molecule has 0 aliphatic carbocycles. The first kappa shape index (κ1) is 15.7. The lowest BCUT2D eigenvalue weighted by Gasteiger charge is -2.15. The molecule has 0 spiro atoms. The van der Waals surface area contributed by atoms with Crippen LogP contribution in [0.4, 0.5) is 11.5 Å². The van der Waals surface area contributed by atoms with Gasteiger partial charge in [0.15, 0.2) is 0 Å². The average molecular weight is 318 g/mol. The minimum Gasteiger partial charge on any atom is -0.363 e. The van der Waals surface area contributed by atoms with E-state index in [1.54, 1.807) is 6.07 Å². The first-order valence-electron chi connectivity index (χ1n) is 7.72. The number of rotatable bonds is 5. The molecule has 120 valence electrons. The summed E-state index contributed by atoms with van der Waals surface area (Å²) in [6, 6.07) is 21.1. The van der Waals surface area contributed by atoms with E-state index in [0.29, 0.717) is 11.5 Å². The smallest absolute Gasteiger partial charge is 0.274 e. The predicted molar refractivity (Wildman–Crippen MR) is 94.9 cm³/mol. The molecule has 3 rings (SSSR count). The van der Waals surface area contributed by atoms with Crippen LogP contribution in [0.1, 0.15) is 29.0 Å². The third-order valence-corrected chi connectivity index (χ3v) is 3.60. The maximum Gasteiger partial charge on any atom is 0.274 e. The minimum absolute atomic E-state index is 0.0751. The number of hydrogen-bond acceptors (Lipinski definition) is 4. The van der Waals surface area contributed by atoms with Crippen LogP contribution in [0.2, 0.25) is 0 Å². The second-order valence-electron chi connectivity index (χ2n) is 5.39. The van der Waals surface area contributed by atoms with E-state index in [1.807, 2.05) is 67.6 Å². The Balaban J connectivity index is 1.71. The second-order valence-corrected chi connectivity index (χ2v) is 5.39. The molecule has 0 aliphatic rings. The van der Waals surface area contributed by atoms with Gasteiger partial charge < -0.3 is 10.6 Å². The summed E-state index contributed by atoms with van der Waals surface area (Å²) in [6.07, 6.45) is 1.39. The highest BCUT2D eigenvalue weighted by atomic mass is 16.1. The van der Waals surface area contributed by atoms with Crippen molar-refractivity contribution in [1.82, 2.24) is 9.97 Å². The first-order chi connectivity index (χ1) is 11.7. The highest BCUT2D eigenvalue weighted by molar-refractivity contribution is 6.03. The summed E-state index contributed by atoms with van der Waals surface area (Å²) in [5, 5.41) is 6.10. The van der Waals surface area contributed by atoms with Gasteiger partial charge in [0.05, 0.1) is 0 Å². The molecule has 0 saturated carbocycles. The van der Waals surface area contributed by atoms with Crippen LogP contribution in [-0.4, -0.2) is 15.9 Å². The maximum absolute atomic E-state index is 12.3. The summed E-state index contributed by atoms with van der Waals surface area (Å²) in [4.78, 5) is 20.5. The van der Waals surface area contributed by atoms with Gasteiger partial charge in [-0.2, -0.15) is 0 Å². The molecule has 5 heteroatoms. The lowest BCUT2D eigenvalue weighted by molar-refractivity contribution is 0.102. The van der Waals surface area contributed by atoms with Crippen LogP contribution in [0, 0.1) is 0 Å². The largest absolute Gasteiger partial charge is 0.363 e. The zero-order valence-corrected chi connectivity index (χ0v) is 13.3. The zero-order valence-electron chi connectivity index (χ0n) is 13.3. The Morgan fingerprint density at radius 3 is 2.33 bits per heavy atom. The van der Waals surface area contributed by atoms with Gasteiger partial charge in [-0.3, -0.25) is 4.79 Å². The van der Waals surface area contributed by atoms with Crippen molar-refractivity contribution in [2.24, 2.45) is 0 Å². The Labute approximate surface area is 140 Å². The Bertz CT molecular complexity index is 806. The fourth-order valence-corrected chi connectivity index (χ4v) is 2.32. The molecule has 1 atom stereocenters. The Morgan fingerprint density at radius 1 is 0.958 bits per heavy atom. The number of aromatic nitrogens is 2. The quantitative estimate of drug-likeness (QED) is 0.748. The second kappa shape index (κ2) is 7.37. The lowest BCUT2D eigenvalue weighted by Crippen LogP contribution is -2.15. The summed E-state index contributed by atoms with van der Waals surface area (Å²) >= 11 is 0. The van der Waals surface area contributed by atoms with Crippen LogP contribution in [0.3, 0.4) is 0 Å². The lowest BCUT2D eigenvalue weighted by atomic mass is 10.1. The number of benzene rings is 2. The molecule has 0 aliphatic heterocycles. The van der Waals surface area contributed by atoms with Gasteiger partial charge in [0.1, 0.15) is 17.8 Å². The molecule has 0 radical (unpaired) electrons. The number of nitrogens with one attached hydrogen (secondary N) is 2. The van der Waals surface area contributed by atoms with Crippen LogP contribution in [0.15, 0.2) is 73.1 Å². The van der Waals surface area contributed by atoms with Gasteiger partial charge in [-0.25, -0.2) is 9.97 Å². The third-order valence-electron chi connectivity index (χ3n) is 3.60. The number of carbonyl (C=O) groups excluding carboxylic acids is 1. The molecule has 1 amide bonds. The number of nitrogens with zero attached hydrogens (tertiary/aromatic N) is 2.